The number of fused-ring (bicyclic) bond motifs is 1. The Morgan fingerprint density at radius 2 is 1.66 bits per heavy atom. The summed E-state index contributed by atoms with van der Waals surface area (Å²) in [7, 11) is 1.60. The van der Waals surface area contributed by atoms with Gasteiger partial charge in [-0.15, -0.1) is 0 Å². The third-order valence-electron chi connectivity index (χ3n) is 5.76. The topological polar surface area (TPSA) is 94.0 Å². The molecule has 1 aliphatic rings. The Bertz CT molecular complexity index is 1400. The highest BCUT2D eigenvalue weighted by Crippen LogP contribution is 2.33. The van der Waals surface area contributed by atoms with Gasteiger partial charge in [0.1, 0.15) is 5.75 Å². The predicted octanol–water partition coefficient (Wildman–Crippen LogP) is 4.17. The van der Waals surface area contributed by atoms with Crippen molar-refractivity contribution >= 4 is 28.6 Å². The summed E-state index contributed by atoms with van der Waals surface area (Å²) in [5, 5.41) is 5.99. The van der Waals surface area contributed by atoms with E-state index in [1.807, 2.05) is 66.7 Å². The molecular weight excluding hydrogens is 444 g/mol. The maximum absolute atomic E-state index is 13.2. The van der Waals surface area contributed by atoms with E-state index in [-0.39, 0.29) is 11.7 Å². The number of para-hydroxylation sites is 2. The number of methoxy groups -OCH3 is 1. The summed E-state index contributed by atoms with van der Waals surface area (Å²) in [5.74, 6) is -0.429. The number of hydrogen-bond acceptors (Lipinski definition) is 7. The molecule has 8 nitrogen and oxygen atoms in total. The second-order valence-electron chi connectivity index (χ2n) is 7.96. The Morgan fingerprint density at radius 3 is 2.40 bits per heavy atom. The number of rotatable bonds is 6. The highest BCUT2D eigenvalue weighted by atomic mass is 16.5. The van der Waals surface area contributed by atoms with Gasteiger partial charge in [0.2, 0.25) is 0 Å². The number of nitrogens with zero attached hydrogens (tertiary/aromatic N) is 4. The minimum atomic E-state index is -0.718. The van der Waals surface area contributed by atoms with Crippen molar-refractivity contribution in [3.63, 3.8) is 0 Å². The Labute approximate surface area is 201 Å². The lowest BCUT2D eigenvalue weighted by Gasteiger charge is -2.22. The summed E-state index contributed by atoms with van der Waals surface area (Å²) < 4.78 is 10.5. The first-order chi connectivity index (χ1) is 17.1. The van der Waals surface area contributed by atoms with Gasteiger partial charge < -0.3 is 9.47 Å². The third kappa shape index (κ3) is 4.72. The van der Waals surface area contributed by atoms with Gasteiger partial charge in [-0.1, -0.05) is 54.6 Å². The van der Waals surface area contributed by atoms with Crippen molar-refractivity contribution in [2.45, 2.75) is 12.5 Å². The van der Waals surface area contributed by atoms with Crippen molar-refractivity contribution in [3.05, 3.63) is 102 Å². The number of hydrazone groups is 1. The van der Waals surface area contributed by atoms with E-state index in [4.69, 9.17) is 9.47 Å². The van der Waals surface area contributed by atoms with Gasteiger partial charge >= 0.3 is 5.97 Å². The van der Waals surface area contributed by atoms with Crippen LogP contribution in [0.15, 0.2) is 90.2 Å². The summed E-state index contributed by atoms with van der Waals surface area (Å²) in [6.45, 7) is -0.467. The van der Waals surface area contributed by atoms with Crippen molar-refractivity contribution in [2.24, 2.45) is 5.10 Å². The third-order valence-corrected chi connectivity index (χ3v) is 5.76. The number of carbonyl (C=O) groups is 2. The second kappa shape index (κ2) is 9.72. The number of carbonyl (C=O) groups excluding carboxylic acids is 2. The monoisotopic (exact) mass is 466 g/mol. The Kier molecular flexibility index (Phi) is 6.17. The molecule has 1 atom stereocenters. The van der Waals surface area contributed by atoms with Crippen LogP contribution in [0.5, 0.6) is 5.75 Å². The summed E-state index contributed by atoms with van der Waals surface area (Å²) >= 11 is 0. The van der Waals surface area contributed by atoms with E-state index in [0.29, 0.717) is 17.5 Å². The van der Waals surface area contributed by atoms with Gasteiger partial charge in [0.05, 0.1) is 36.1 Å². The molecule has 0 N–H and O–H groups in total. The van der Waals surface area contributed by atoms with E-state index in [2.05, 4.69) is 15.1 Å². The lowest BCUT2D eigenvalue weighted by molar-refractivity contribution is -0.136. The first kappa shape index (κ1) is 22.2. The highest BCUT2D eigenvalue weighted by molar-refractivity contribution is 6.03. The van der Waals surface area contributed by atoms with E-state index < -0.39 is 18.5 Å². The zero-order chi connectivity index (χ0) is 24.2. The zero-order valence-electron chi connectivity index (χ0n) is 19.0. The molecule has 0 aliphatic carbocycles. The smallest absolute Gasteiger partial charge is 0.359 e. The van der Waals surface area contributed by atoms with Gasteiger partial charge in [-0.25, -0.2) is 14.8 Å². The van der Waals surface area contributed by atoms with E-state index >= 15 is 0 Å². The number of ether oxygens (including phenoxy) is 2. The fourth-order valence-electron chi connectivity index (χ4n) is 3.95. The van der Waals surface area contributed by atoms with Crippen LogP contribution in [-0.2, 0) is 9.53 Å². The minimum Gasteiger partial charge on any atom is -0.497 e. The van der Waals surface area contributed by atoms with Gasteiger partial charge in [0.15, 0.2) is 12.3 Å². The largest absolute Gasteiger partial charge is 0.497 e. The molecule has 174 valence electrons. The van der Waals surface area contributed by atoms with Crippen LogP contribution in [0.25, 0.3) is 11.0 Å². The van der Waals surface area contributed by atoms with Crippen LogP contribution in [0.3, 0.4) is 0 Å². The molecule has 1 amide bonds. The summed E-state index contributed by atoms with van der Waals surface area (Å²) in [6.07, 6.45) is 1.88. The van der Waals surface area contributed by atoms with E-state index in [9.17, 15) is 9.59 Å². The van der Waals surface area contributed by atoms with Crippen LogP contribution >= 0.6 is 0 Å². The van der Waals surface area contributed by atoms with Gasteiger partial charge in [-0.05, 0) is 35.4 Å². The van der Waals surface area contributed by atoms with Crippen molar-refractivity contribution in [1.29, 1.82) is 0 Å². The second-order valence-corrected chi connectivity index (χ2v) is 7.96. The maximum Gasteiger partial charge on any atom is 0.359 e. The van der Waals surface area contributed by atoms with Crippen LogP contribution in [0, 0.1) is 0 Å². The maximum atomic E-state index is 13.2. The molecule has 0 fully saturated rings. The fourth-order valence-corrected chi connectivity index (χ4v) is 3.95. The molecule has 0 saturated heterocycles. The van der Waals surface area contributed by atoms with Crippen molar-refractivity contribution in [1.82, 2.24) is 15.0 Å². The molecule has 8 heteroatoms. The number of hydrogen-bond donors (Lipinski definition) is 0. The Morgan fingerprint density at radius 1 is 0.943 bits per heavy atom. The van der Waals surface area contributed by atoms with Gasteiger partial charge in [0.25, 0.3) is 5.91 Å². The highest BCUT2D eigenvalue weighted by Gasteiger charge is 2.33. The van der Waals surface area contributed by atoms with Crippen LogP contribution < -0.4 is 4.74 Å². The molecule has 0 saturated carbocycles. The molecule has 1 unspecified atom stereocenters. The number of esters is 1. The quantitative estimate of drug-likeness (QED) is 0.396. The molecule has 1 aromatic heterocycles. The average Bonchev–Trinajstić information content (AvgIpc) is 3.37. The summed E-state index contributed by atoms with van der Waals surface area (Å²) in [6, 6.07) is 24.1. The molecule has 0 radical (unpaired) electrons. The van der Waals surface area contributed by atoms with Crippen molar-refractivity contribution in [2.75, 3.05) is 13.7 Å². The number of aromatic nitrogens is 2. The fraction of sp³-hybridized carbons (Fsp3) is 0.148. The van der Waals surface area contributed by atoms with Gasteiger partial charge in [-0.3, -0.25) is 9.78 Å². The molecule has 35 heavy (non-hydrogen) atoms. The van der Waals surface area contributed by atoms with E-state index in [1.54, 1.807) is 19.2 Å². The lowest BCUT2D eigenvalue weighted by atomic mass is 9.98. The van der Waals surface area contributed by atoms with Gasteiger partial charge in [-0.2, -0.15) is 5.10 Å². The molecule has 0 spiro atoms. The average molecular weight is 466 g/mol. The molecule has 4 aromatic rings. The summed E-state index contributed by atoms with van der Waals surface area (Å²) in [5.41, 5.74) is 3.90. The van der Waals surface area contributed by atoms with Gasteiger partial charge in [0, 0.05) is 6.42 Å². The van der Waals surface area contributed by atoms with Crippen molar-refractivity contribution < 1.29 is 19.1 Å². The Hall–Kier alpha value is -4.59. The minimum absolute atomic E-state index is 0.0399. The zero-order valence-corrected chi connectivity index (χ0v) is 19.0. The van der Waals surface area contributed by atoms with Crippen LogP contribution in [0.2, 0.25) is 0 Å². The van der Waals surface area contributed by atoms with Crippen LogP contribution in [0.1, 0.15) is 34.1 Å². The normalized spacial score (nSPS) is 15.1. The number of benzene rings is 3. The standard InChI is InChI=1S/C27H22N4O4/c1-34-20-13-11-19(12-14-20)25-15-23(18-7-3-2-4-8-18)30-31(25)26(32)17-35-27(33)24-16-28-21-9-5-6-10-22(21)29-24/h2-14,16,25H,15,17H2,1H3. The number of amides is 1. The molecule has 5 rings (SSSR count). The molecule has 3 aromatic carbocycles. The Balaban J connectivity index is 1.35. The molecule has 2 heterocycles. The SMILES string of the molecule is COc1ccc(C2CC(c3ccccc3)=NN2C(=O)COC(=O)c2cnc3ccccc3n2)cc1. The first-order valence-corrected chi connectivity index (χ1v) is 11.1. The molecule has 0 bridgehead atoms. The molecule has 1 aliphatic heterocycles. The van der Waals surface area contributed by atoms with E-state index in [1.165, 1.54) is 11.2 Å². The molecular formula is C27H22N4O4. The van der Waals surface area contributed by atoms with Crippen LogP contribution in [-0.4, -0.2) is 46.3 Å². The van der Waals surface area contributed by atoms with Crippen molar-refractivity contribution in [3.8, 4) is 5.75 Å². The summed E-state index contributed by atoms with van der Waals surface area (Å²) in [4.78, 5) is 34.2. The van der Waals surface area contributed by atoms with Crippen LogP contribution in [0.4, 0.5) is 0 Å². The lowest BCUT2D eigenvalue weighted by Crippen LogP contribution is -2.31. The van der Waals surface area contributed by atoms with E-state index in [0.717, 1.165) is 22.6 Å². The predicted molar refractivity (Wildman–Crippen MR) is 130 cm³/mol. The first-order valence-electron chi connectivity index (χ1n) is 11.1.